The number of nitrogens with two attached hydrogens (primary N) is 1. The number of nitrogens with one attached hydrogen (secondary N) is 1. The molecule has 0 saturated carbocycles. The highest BCUT2D eigenvalue weighted by atomic mass is 32.2. The van der Waals surface area contributed by atoms with Gasteiger partial charge in [0.15, 0.2) is 0 Å². The standard InChI is InChI=1S/C13H19N3O3S2/c1-16(2)12(17)7-8-15-21(18,19)9-10-3-5-11(6-4-10)13(14)20/h3-6,15H,7-9H2,1-2H3,(H2,14,20). The number of sulfonamides is 1. The Hall–Kier alpha value is -1.51. The Labute approximate surface area is 130 Å². The molecule has 116 valence electrons. The predicted molar refractivity (Wildman–Crippen MR) is 86.3 cm³/mol. The van der Waals surface area contributed by atoms with Gasteiger partial charge in [-0.05, 0) is 5.56 Å². The lowest BCUT2D eigenvalue weighted by Gasteiger charge is -2.11. The molecule has 1 aromatic carbocycles. The van der Waals surface area contributed by atoms with Crippen LogP contribution in [0.3, 0.4) is 0 Å². The first-order chi connectivity index (χ1) is 9.71. The van der Waals surface area contributed by atoms with Crippen molar-refractivity contribution in [3.63, 3.8) is 0 Å². The van der Waals surface area contributed by atoms with Crippen LogP contribution in [0.2, 0.25) is 0 Å². The van der Waals surface area contributed by atoms with Crippen LogP contribution in [-0.2, 0) is 20.6 Å². The van der Waals surface area contributed by atoms with Crippen LogP contribution in [0.5, 0.6) is 0 Å². The number of hydrogen-bond donors (Lipinski definition) is 2. The zero-order chi connectivity index (χ0) is 16.0. The first-order valence-corrected chi connectivity index (χ1v) is 8.33. The van der Waals surface area contributed by atoms with Gasteiger partial charge >= 0.3 is 0 Å². The van der Waals surface area contributed by atoms with E-state index >= 15 is 0 Å². The second-order valence-electron chi connectivity index (χ2n) is 4.75. The fourth-order valence-electron chi connectivity index (χ4n) is 1.57. The van der Waals surface area contributed by atoms with Gasteiger partial charge in [-0.2, -0.15) is 0 Å². The zero-order valence-electron chi connectivity index (χ0n) is 12.0. The molecule has 3 N–H and O–H groups in total. The Balaban J connectivity index is 2.56. The van der Waals surface area contributed by atoms with E-state index < -0.39 is 10.0 Å². The predicted octanol–water partition coefficient (Wildman–Crippen LogP) is 0.219. The van der Waals surface area contributed by atoms with Gasteiger partial charge in [-0.1, -0.05) is 36.5 Å². The van der Waals surface area contributed by atoms with Crippen LogP contribution in [0.4, 0.5) is 0 Å². The summed E-state index contributed by atoms with van der Waals surface area (Å²) in [5.74, 6) is -0.278. The molecule has 0 aliphatic carbocycles. The SMILES string of the molecule is CN(C)C(=O)CCNS(=O)(=O)Cc1ccc(C(N)=S)cc1. The van der Waals surface area contributed by atoms with E-state index in [0.717, 1.165) is 0 Å². The number of amides is 1. The van der Waals surface area contributed by atoms with Crippen molar-refractivity contribution in [3.05, 3.63) is 35.4 Å². The number of carbonyl (C=O) groups excluding carboxylic acids is 1. The maximum Gasteiger partial charge on any atom is 0.223 e. The lowest BCUT2D eigenvalue weighted by molar-refractivity contribution is -0.128. The minimum absolute atomic E-state index is 0.0876. The summed E-state index contributed by atoms with van der Waals surface area (Å²) in [6, 6.07) is 6.70. The van der Waals surface area contributed by atoms with Crippen LogP contribution >= 0.6 is 12.2 Å². The number of carbonyl (C=O) groups is 1. The molecule has 0 aliphatic rings. The first kappa shape index (κ1) is 17.5. The van der Waals surface area contributed by atoms with Crippen LogP contribution in [0.25, 0.3) is 0 Å². The molecule has 0 atom stereocenters. The fraction of sp³-hybridized carbons (Fsp3) is 0.385. The summed E-state index contributed by atoms with van der Waals surface area (Å²) >= 11 is 4.83. The highest BCUT2D eigenvalue weighted by Gasteiger charge is 2.12. The monoisotopic (exact) mass is 329 g/mol. The van der Waals surface area contributed by atoms with Crippen LogP contribution in [0.1, 0.15) is 17.5 Å². The van der Waals surface area contributed by atoms with Crippen molar-refractivity contribution in [1.29, 1.82) is 0 Å². The molecule has 0 saturated heterocycles. The lowest BCUT2D eigenvalue weighted by Crippen LogP contribution is -2.31. The third-order valence-corrected chi connectivity index (χ3v) is 4.35. The van der Waals surface area contributed by atoms with E-state index in [1.54, 1.807) is 38.4 Å². The third kappa shape index (κ3) is 6.19. The van der Waals surface area contributed by atoms with Gasteiger partial charge in [0.25, 0.3) is 0 Å². The maximum absolute atomic E-state index is 11.9. The first-order valence-electron chi connectivity index (χ1n) is 6.27. The van der Waals surface area contributed by atoms with Gasteiger partial charge in [-0.3, -0.25) is 4.79 Å². The molecule has 0 aliphatic heterocycles. The Bertz CT molecular complexity index is 610. The van der Waals surface area contributed by atoms with Crippen molar-refractivity contribution in [2.45, 2.75) is 12.2 Å². The highest BCUT2D eigenvalue weighted by Crippen LogP contribution is 2.08. The quantitative estimate of drug-likeness (QED) is 0.698. The van der Waals surface area contributed by atoms with Crippen molar-refractivity contribution >= 4 is 33.1 Å². The molecule has 21 heavy (non-hydrogen) atoms. The Morgan fingerprint density at radius 3 is 2.33 bits per heavy atom. The van der Waals surface area contributed by atoms with Crippen molar-refractivity contribution in [2.24, 2.45) is 5.73 Å². The summed E-state index contributed by atoms with van der Waals surface area (Å²) < 4.78 is 26.2. The average molecular weight is 329 g/mol. The van der Waals surface area contributed by atoms with Gasteiger partial charge in [-0.15, -0.1) is 0 Å². The van der Waals surface area contributed by atoms with Gasteiger partial charge in [0, 0.05) is 32.6 Å². The van der Waals surface area contributed by atoms with E-state index in [1.165, 1.54) is 4.90 Å². The molecule has 0 bridgehead atoms. The van der Waals surface area contributed by atoms with E-state index in [9.17, 15) is 13.2 Å². The molecule has 0 unspecified atom stereocenters. The van der Waals surface area contributed by atoms with E-state index in [1.807, 2.05) is 0 Å². The van der Waals surface area contributed by atoms with Crippen molar-refractivity contribution in [1.82, 2.24) is 9.62 Å². The number of rotatable bonds is 7. The zero-order valence-corrected chi connectivity index (χ0v) is 13.6. The van der Waals surface area contributed by atoms with Gasteiger partial charge in [0.1, 0.15) is 4.99 Å². The lowest BCUT2D eigenvalue weighted by atomic mass is 10.1. The van der Waals surface area contributed by atoms with E-state index in [2.05, 4.69) is 4.72 Å². The third-order valence-electron chi connectivity index (χ3n) is 2.75. The summed E-state index contributed by atoms with van der Waals surface area (Å²) in [6.45, 7) is 0.0876. The summed E-state index contributed by atoms with van der Waals surface area (Å²) in [6.07, 6.45) is 0.132. The molecular formula is C13H19N3O3S2. The van der Waals surface area contributed by atoms with Gasteiger partial charge in [0.2, 0.25) is 15.9 Å². The summed E-state index contributed by atoms with van der Waals surface area (Å²) in [4.78, 5) is 13.0. The highest BCUT2D eigenvalue weighted by molar-refractivity contribution is 7.88. The summed E-state index contributed by atoms with van der Waals surface area (Å²) in [5.41, 5.74) is 6.79. The molecule has 0 fully saturated rings. The second kappa shape index (κ2) is 7.48. The molecule has 0 aromatic heterocycles. The minimum Gasteiger partial charge on any atom is -0.389 e. The van der Waals surface area contributed by atoms with Crippen LogP contribution in [-0.4, -0.2) is 44.9 Å². The Morgan fingerprint density at radius 1 is 1.29 bits per heavy atom. The summed E-state index contributed by atoms with van der Waals surface area (Å²) in [5, 5.41) is 0. The molecular weight excluding hydrogens is 310 g/mol. The maximum atomic E-state index is 11.9. The van der Waals surface area contributed by atoms with Gasteiger partial charge in [0.05, 0.1) is 5.75 Å². The van der Waals surface area contributed by atoms with Gasteiger partial charge in [-0.25, -0.2) is 13.1 Å². The van der Waals surface area contributed by atoms with Crippen molar-refractivity contribution in [3.8, 4) is 0 Å². The number of benzene rings is 1. The van der Waals surface area contributed by atoms with E-state index in [-0.39, 0.29) is 29.6 Å². The molecule has 0 heterocycles. The number of hydrogen-bond acceptors (Lipinski definition) is 4. The van der Waals surface area contributed by atoms with E-state index in [4.69, 9.17) is 18.0 Å². The normalized spacial score (nSPS) is 11.1. The molecule has 6 nitrogen and oxygen atoms in total. The average Bonchev–Trinajstić information content (AvgIpc) is 2.38. The second-order valence-corrected chi connectivity index (χ2v) is 7.00. The Morgan fingerprint density at radius 2 is 1.86 bits per heavy atom. The molecule has 1 amide bonds. The van der Waals surface area contributed by atoms with Crippen molar-refractivity contribution < 1.29 is 13.2 Å². The topological polar surface area (TPSA) is 92.5 Å². The van der Waals surface area contributed by atoms with Crippen LogP contribution < -0.4 is 10.5 Å². The van der Waals surface area contributed by atoms with E-state index in [0.29, 0.717) is 11.1 Å². The van der Waals surface area contributed by atoms with Crippen LogP contribution in [0, 0.1) is 0 Å². The number of nitrogens with zero attached hydrogens (tertiary/aromatic N) is 1. The molecule has 1 rings (SSSR count). The molecule has 8 heteroatoms. The van der Waals surface area contributed by atoms with Crippen LogP contribution in [0.15, 0.2) is 24.3 Å². The summed E-state index contributed by atoms with van der Waals surface area (Å²) in [7, 11) is -0.223. The number of thiocarbonyl (C=S) groups is 1. The minimum atomic E-state index is -3.47. The Kier molecular flexibility index (Phi) is 6.25. The fourth-order valence-corrected chi connectivity index (χ4v) is 2.86. The molecule has 0 radical (unpaired) electrons. The molecule has 1 aromatic rings. The molecule has 0 spiro atoms. The van der Waals surface area contributed by atoms with Crippen molar-refractivity contribution in [2.75, 3.05) is 20.6 Å². The smallest absolute Gasteiger partial charge is 0.223 e. The van der Waals surface area contributed by atoms with Gasteiger partial charge < -0.3 is 10.6 Å². The largest absolute Gasteiger partial charge is 0.389 e.